The van der Waals surface area contributed by atoms with Gasteiger partial charge in [0.15, 0.2) is 22.9 Å². The zero-order chi connectivity index (χ0) is 33.8. The van der Waals surface area contributed by atoms with Crippen LogP contribution in [0.15, 0.2) is 88.2 Å². The van der Waals surface area contributed by atoms with E-state index < -0.39 is 12.0 Å². The van der Waals surface area contributed by atoms with Gasteiger partial charge in [-0.25, -0.2) is 9.79 Å². The van der Waals surface area contributed by atoms with Crippen molar-refractivity contribution in [1.29, 1.82) is 0 Å². The standard InChI is InChI=1S/C38H39N3O6S/c1-5-46-37(44)33-34(27-11-7-6-8-12-27)39-38-41(35(33)28-16-14-26(15-17-28)24(2)3)36(43)31(48-38)22-25-13-18-29(30(21-25)45-4)47-23-32(42)40-19-9-10-20-40/h6-8,11-18,21-22,24,35H,5,9-10,19-20,23H2,1-4H3/b31-22+/t35-/m1/s1. The van der Waals surface area contributed by atoms with Crippen LogP contribution in [-0.4, -0.2) is 54.8 Å². The number of nitrogens with zero attached hydrogens (tertiary/aromatic N) is 3. The van der Waals surface area contributed by atoms with Crippen molar-refractivity contribution in [2.45, 2.75) is 45.6 Å². The van der Waals surface area contributed by atoms with E-state index in [1.54, 1.807) is 29.7 Å². The van der Waals surface area contributed by atoms with Crippen LogP contribution >= 0.6 is 11.3 Å². The predicted octanol–water partition coefficient (Wildman–Crippen LogP) is 5.07. The first kappa shape index (κ1) is 33.0. The van der Waals surface area contributed by atoms with Crippen LogP contribution in [0.2, 0.25) is 0 Å². The summed E-state index contributed by atoms with van der Waals surface area (Å²) in [6, 6.07) is 22.1. The van der Waals surface area contributed by atoms with Crippen molar-refractivity contribution < 1.29 is 23.8 Å². The molecule has 0 saturated carbocycles. The van der Waals surface area contributed by atoms with E-state index in [0.717, 1.165) is 42.6 Å². The Hall–Kier alpha value is -4.96. The quantitative estimate of drug-likeness (QED) is 0.220. The van der Waals surface area contributed by atoms with Gasteiger partial charge in [-0.3, -0.25) is 14.2 Å². The van der Waals surface area contributed by atoms with Crippen molar-refractivity contribution in [2.24, 2.45) is 4.99 Å². The van der Waals surface area contributed by atoms with Gasteiger partial charge in [-0.05, 0) is 60.6 Å². The summed E-state index contributed by atoms with van der Waals surface area (Å²) in [5.74, 6) is 0.645. The van der Waals surface area contributed by atoms with Gasteiger partial charge in [-0.1, -0.05) is 85.8 Å². The van der Waals surface area contributed by atoms with Crippen molar-refractivity contribution in [3.05, 3.63) is 120 Å². The Balaban J connectivity index is 1.45. The fraction of sp³-hybridized carbons (Fsp3) is 0.316. The molecule has 48 heavy (non-hydrogen) atoms. The number of carbonyl (C=O) groups excluding carboxylic acids is 2. The lowest BCUT2D eigenvalue weighted by molar-refractivity contribution is -0.139. The van der Waals surface area contributed by atoms with Crippen LogP contribution in [0.4, 0.5) is 0 Å². The largest absolute Gasteiger partial charge is 0.493 e. The van der Waals surface area contributed by atoms with Crippen LogP contribution < -0.4 is 24.4 Å². The van der Waals surface area contributed by atoms with Crippen LogP contribution in [0.5, 0.6) is 11.5 Å². The molecule has 1 fully saturated rings. The maximum Gasteiger partial charge on any atom is 0.338 e. The molecule has 0 bridgehead atoms. The third-order valence-corrected chi connectivity index (χ3v) is 9.57. The minimum absolute atomic E-state index is 0.0507. The monoisotopic (exact) mass is 665 g/mol. The van der Waals surface area contributed by atoms with Crippen molar-refractivity contribution in [1.82, 2.24) is 9.47 Å². The van der Waals surface area contributed by atoms with E-state index >= 15 is 0 Å². The third kappa shape index (κ3) is 6.71. The van der Waals surface area contributed by atoms with Gasteiger partial charge in [0.25, 0.3) is 11.5 Å². The minimum Gasteiger partial charge on any atom is -0.493 e. The third-order valence-electron chi connectivity index (χ3n) is 8.59. The Bertz CT molecular complexity index is 2020. The van der Waals surface area contributed by atoms with E-state index in [-0.39, 0.29) is 24.7 Å². The van der Waals surface area contributed by atoms with E-state index in [1.807, 2.05) is 65.6 Å². The van der Waals surface area contributed by atoms with Crippen LogP contribution in [0.3, 0.4) is 0 Å². The Morgan fingerprint density at radius 1 is 1.00 bits per heavy atom. The summed E-state index contributed by atoms with van der Waals surface area (Å²) < 4.78 is 19.0. The van der Waals surface area contributed by atoms with Gasteiger partial charge in [0, 0.05) is 18.7 Å². The molecule has 0 spiro atoms. The van der Waals surface area contributed by atoms with Gasteiger partial charge >= 0.3 is 5.97 Å². The molecule has 2 aliphatic heterocycles. The number of esters is 1. The molecule has 0 radical (unpaired) electrons. The molecule has 3 aromatic carbocycles. The smallest absolute Gasteiger partial charge is 0.338 e. The lowest BCUT2D eigenvalue weighted by Gasteiger charge is -2.26. The van der Waals surface area contributed by atoms with Crippen molar-refractivity contribution in [3.8, 4) is 11.5 Å². The highest BCUT2D eigenvalue weighted by molar-refractivity contribution is 7.07. The summed E-state index contributed by atoms with van der Waals surface area (Å²) >= 11 is 1.25. The first-order valence-electron chi connectivity index (χ1n) is 16.3. The molecule has 6 rings (SSSR count). The van der Waals surface area contributed by atoms with Gasteiger partial charge in [-0.15, -0.1) is 0 Å². The maximum atomic E-state index is 14.3. The van der Waals surface area contributed by atoms with Crippen LogP contribution in [0.25, 0.3) is 11.8 Å². The number of thiazole rings is 1. The first-order valence-corrected chi connectivity index (χ1v) is 17.1. The number of likely N-dealkylation sites (tertiary alicyclic amines) is 1. The molecule has 1 atom stereocenters. The number of benzene rings is 3. The van der Waals surface area contributed by atoms with Gasteiger partial charge in [0.2, 0.25) is 0 Å². The average molecular weight is 666 g/mol. The molecule has 1 aromatic heterocycles. The molecule has 4 aromatic rings. The van der Waals surface area contributed by atoms with Gasteiger partial charge in [0.1, 0.15) is 0 Å². The molecule has 2 aliphatic rings. The number of rotatable bonds is 10. The van der Waals surface area contributed by atoms with E-state index in [2.05, 4.69) is 13.8 Å². The second-order valence-corrected chi connectivity index (χ2v) is 13.0. The SMILES string of the molecule is CCOC(=O)C1=C(c2ccccc2)N=c2s/c(=C/c3ccc(OCC(=O)N4CCCC4)c(OC)c3)c(=O)n2[C@@H]1c1ccc(C(C)C)cc1. The molecule has 0 aliphatic carbocycles. The number of hydrogen-bond acceptors (Lipinski definition) is 8. The molecular weight excluding hydrogens is 627 g/mol. The molecule has 1 saturated heterocycles. The molecule has 9 nitrogen and oxygen atoms in total. The van der Waals surface area contributed by atoms with E-state index in [9.17, 15) is 14.4 Å². The van der Waals surface area contributed by atoms with Crippen molar-refractivity contribution in [3.63, 3.8) is 0 Å². The van der Waals surface area contributed by atoms with Crippen molar-refractivity contribution >= 4 is 35.0 Å². The highest BCUT2D eigenvalue weighted by Crippen LogP contribution is 2.36. The summed E-state index contributed by atoms with van der Waals surface area (Å²) in [7, 11) is 1.54. The summed E-state index contributed by atoms with van der Waals surface area (Å²) in [6.45, 7) is 7.63. The Morgan fingerprint density at radius 3 is 2.40 bits per heavy atom. The number of hydrogen-bond donors (Lipinski definition) is 0. The number of amides is 1. The number of fused-ring (bicyclic) bond motifs is 1. The Labute approximate surface area is 283 Å². The fourth-order valence-corrected chi connectivity index (χ4v) is 7.06. The first-order chi connectivity index (χ1) is 23.3. The Kier molecular flexibility index (Phi) is 9.91. The molecule has 0 unspecified atom stereocenters. The molecule has 248 valence electrons. The summed E-state index contributed by atoms with van der Waals surface area (Å²) in [5, 5.41) is 0. The topological polar surface area (TPSA) is 99.4 Å². The van der Waals surface area contributed by atoms with E-state index in [4.69, 9.17) is 19.2 Å². The summed E-state index contributed by atoms with van der Waals surface area (Å²) in [4.78, 5) is 47.7. The zero-order valence-corrected chi connectivity index (χ0v) is 28.4. The lowest BCUT2D eigenvalue weighted by atomic mass is 9.91. The molecule has 10 heteroatoms. The molecule has 3 heterocycles. The fourth-order valence-electron chi connectivity index (χ4n) is 6.06. The normalized spacial score (nSPS) is 16.1. The summed E-state index contributed by atoms with van der Waals surface area (Å²) in [6.07, 6.45) is 3.80. The highest BCUT2D eigenvalue weighted by Gasteiger charge is 2.35. The van der Waals surface area contributed by atoms with Crippen molar-refractivity contribution in [2.75, 3.05) is 33.4 Å². The second kappa shape index (κ2) is 14.4. The predicted molar refractivity (Wildman–Crippen MR) is 186 cm³/mol. The minimum atomic E-state index is -0.752. The number of aromatic nitrogens is 1. The highest BCUT2D eigenvalue weighted by atomic mass is 32.1. The zero-order valence-electron chi connectivity index (χ0n) is 27.6. The van der Waals surface area contributed by atoms with E-state index in [1.165, 1.54) is 18.4 Å². The van der Waals surface area contributed by atoms with Gasteiger partial charge < -0.3 is 19.1 Å². The number of ether oxygens (including phenoxy) is 3. The number of methoxy groups -OCH3 is 1. The van der Waals surface area contributed by atoms with E-state index in [0.29, 0.717) is 43.6 Å². The number of carbonyl (C=O) groups is 2. The molecule has 0 N–H and O–H groups in total. The average Bonchev–Trinajstić information content (AvgIpc) is 3.76. The van der Waals surface area contributed by atoms with Crippen LogP contribution in [0, 0.1) is 0 Å². The Morgan fingerprint density at radius 2 is 1.73 bits per heavy atom. The van der Waals surface area contributed by atoms with Gasteiger partial charge in [0.05, 0.1) is 35.6 Å². The maximum absolute atomic E-state index is 14.3. The van der Waals surface area contributed by atoms with Crippen LogP contribution in [-0.2, 0) is 14.3 Å². The molecule has 1 amide bonds. The molecular formula is C38H39N3O6S. The van der Waals surface area contributed by atoms with Crippen LogP contribution in [0.1, 0.15) is 67.8 Å². The summed E-state index contributed by atoms with van der Waals surface area (Å²) in [5.41, 5.74) is 3.91. The lowest BCUT2D eigenvalue weighted by Crippen LogP contribution is -2.40. The van der Waals surface area contributed by atoms with Gasteiger partial charge in [-0.2, -0.15) is 0 Å². The second-order valence-electron chi connectivity index (χ2n) is 12.0.